The average molecular weight is 153 g/mol. The van der Waals surface area contributed by atoms with Crippen molar-refractivity contribution in [1.82, 2.24) is 0 Å². The summed E-state index contributed by atoms with van der Waals surface area (Å²) in [7, 11) is 0. The Morgan fingerprint density at radius 1 is 1.60 bits per heavy atom. The average Bonchev–Trinajstić information content (AvgIpc) is 2.44. The molecule has 1 atom stereocenters. The van der Waals surface area contributed by atoms with E-state index >= 15 is 0 Å². The maximum atomic E-state index is 5.61. The molecule has 1 aromatic rings. The minimum absolute atomic E-state index is 0.668. The van der Waals surface area contributed by atoms with Gasteiger partial charge in [-0.05, 0) is 47.2 Å². The van der Waals surface area contributed by atoms with E-state index in [2.05, 4.69) is 10.8 Å². The summed E-state index contributed by atoms with van der Waals surface area (Å²) in [6.07, 6.45) is 2.52. The van der Waals surface area contributed by atoms with Crippen molar-refractivity contribution >= 4 is 11.3 Å². The summed E-state index contributed by atoms with van der Waals surface area (Å²) in [6, 6.07) is 0. The Labute approximate surface area is 64.9 Å². The molecule has 2 rings (SSSR count). The van der Waals surface area contributed by atoms with Gasteiger partial charge in [0.1, 0.15) is 0 Å². The Bertz CT molecular complexity index is 229. The van der Waals surface area contributed by atoms with E-state index in [0.717, 1.165) is 6.54 Å². The Morgan fingerprint density at radius 3 is 3.30 bits per heavy atom. The van der Waals surface area contributed by atoms with E-state index in [1.807, 2.05) is 0 Å². The molecule has 0 amide bonds. The Hall–Kier alpha value is -0.340. The van der Waals surface area contributed by atoms with Crippen molar-refractivity contribution in [2.75, 3.05) is 6.54 Å². The minimum Gasteiger partial charge on any atom is -0.330 e. The van der Waals surface area contributed by atoms with Crippen LogP contribution in [0.1, 0.15) is 23.5 Å². The summed E-state index contributed by atoms with van der Waals surface area (Å²) in [6.45, 7) is 0.823. The molecule has 1 nitrogen and oxygen atoms in total. The zero-order chi connectivity index (χ0) is 6.97. The zero-order valence-corrected chi connectivity index (χ0v) is 6.66. The zero-order valence-electron chi connectivity index (χ0n) is 5.84. The fourth-order valence-electron chi connectivity index (χ4n) is 1.62. The molecule has 0 fully saturated rings. The number of nitrogens with two attached hydrogens (primary N) is 1. The predicted molar refractivity (Wildman–Crippen MR) is 44.4 cm³/mol. The van der Waals surface area contributed by atoms with Gasteiger partial charge < -0.3 is 5.73 Å². The van der Waals surface area contributed by atoms with Gasteiger partial charge in [0.25, 0.3) is 0 Å². The van der Waals surface area contributed by atoms with E-state index in [1.165, 1.54) is 18.4 Å². The van der Waals surface area contributed by atoms with Gasteiger partial charge in [0.2, 0.25) is 0 Å². The molecule has 0 aliphatic heterocycles. The molecule has 0 saturated heterocycles. The van der Waals surface area contributed by atoms with Gasteiger partial charge in [-0.1, -0.05) is 0 Å². The van der Waals surface area contributed by atoms with Crippen molar-refractivity contribution in [1.29, 1.82) is 0 Å². The number of aryl methyl sites for hydroxylation is 1. The molecule has 1 aliphatic carbocycles. The molecule has 1 heterocycles. The van der Waals surface area contributed by atoms with Crippen molar-refractivity contribution in [3.63, 3.8) is 0 Å². The van der Waals surface area contributed by atoms with Crippen LogP contribution in [-0.4, -0.2) is 6.54 Å². The first kappa shape index (κ1) is 6.38. The molecule has 0 spiro atoms. The van der Waals surface area contributed by atoms with Crippen LogP contribution in [-0.2, 0) is 6.42 Å². The van der Waals surface area contributed by atoms with Crippen molar-refractivity contribution in [3.8, 4) is 0 Å². The molecule has 1 unspecified atom stereocenters. The standard InChI is InChI=1S/C8H11NS/c9-3-6-1-2-7-4-10-5-8(6)7/h4-6H,1-3,9H2. The third-order valence-corrected chi connectivity index (χ3v) is 3.07. The van der Waals surface area contributed by atoms with Crippen molar-refractivity contribution in [2.24, 2.45) is 5.73 Å². The first-order valence-corrected chi connectivity index (χ1v) is 4.61. The first-order chi connectivity index (χ1) is 4.92. The maximum Gasteiger partial charge on any atom is -0.000772 e. The normalized spacial score (nSPS) is 23.1. The van der Waals surface area contributed by atoms with Gasteiger partial charge in [-0.25, -0.2) is 0 Å². The molecule has 2 N–H and O–H groups in total. The van der Waals surface area contributed by atoms with E-state index in [4.69, 9.17) is 5.73 Å². The van der Waals surface area contributed by atoms with E-state index in [0.29, 0.717) is 5.92 Å². The number of rotatable bonds is 1. The Morgan fingerprint density at radius 2 is 2.50 bits per heavy atom. The summed E-state index contributed by atoms with van der Waals surface area (Å²) in [4.78, 5) is 0. The van der Waals surface area contributed by atoms with Gasteiger partial charge in [-0.15, -0.1) is 0 Å². The SMILES string of the molecule is NCC1CCc2cscc21. The first-order valence-electron chi connectivity index (χ1n) is 3.67. The summed E-state index contributed by atoms with van der Waals surface area (Å²) >= 11 is 1.81. The fourth-order valence-corrected chi connectivity index (χ4v) is 2.60. The summed E-state index contributed by atoms with van der Waals surface area (Å²) < 4.78 is 0. The van der Waals surface area contributed by atoms with Gasteiger partial charge in [-0.2, -0.15) is 11.3 Å². The highest BCUT2D eigenvalue weighted by Gasteiger charge is 2.21. The molecule has 2 heteroatoms. The van der Waals surface area contributed by atoms with Crippen LogP contribution in [0.15, 0.2) is 10.8 Å². The summed E-state index contributed by atoms with van der Waals surface area (Å²) in [5, 5.41) is 4.50. The van der Waals surface area contributed by atoms with Gasteiger partial charge in [-0.3, -0.25) is 0 Å². The van der Waals surface area contributed by atoms with E-state index in [-0.39, 0.29) is 0 Å². The molecule has 0 aromatic carbocycles. The molecule has 54 valence electrons. The second kappa shape index (κ2) is 2.36. The molecule has 1 aliphatic rings. The van der Waals surface area contributed by atoms with E-state index in [1.54, 1.807) is 16.9 Å². The molecular formula is C8H11NS. The fraction of sp³-hybridized carbons (Fsp3) is 0.500. The molecule has 1 aromatic heterocycles. The lowest BCUT2D eigenvalue weighted by atomic mass is 10.1. The molecular weight excluding hydrogens is 142 g/mol. The predicted octanol–water partition coefficient (Wildman–Crippen LogP) is 1.74. The van der Waals surface area contributed by atoms with Crippen LogP contribution in [0.2, 0.25) is 0 Å². The molecule has 0 bridgehead atoms. The quantitative estimate of drug-likeness (QED) is 0.653. The highest BCUT2D eigenvalue weighted by atomic mass is 32.1. The van der Waals surface area contributed by atoms with E-state index in [9.17, 15) is 0 Å². The van der Waals surface area contributed by atoms with Crippen LogP contribution in [0.3, 0.4) is 0 Å². The van der Waals surface area contributed by atoms with Gasteiger partial charge in [0.15, 0.2) is 0 Å². The second-order valence-electron chi connectivity index (χ2n) is 2.82. The lowest BCUT2D eigenvalue weighted by Gasteiger charge is -2.03. The smallest absolute Gasteiger partial charge is 0.000772 e. The van der Waals surface area contributed by atoms with Crippen LogP contribution in [0, 0.1) is 0 Å². The van der Waals surface area contributed by atoms with Crippen molar-refractivity contribution in [2.45, 2.75) is 18.8 Å². The molecule has 10 heavy (non-hydrogen) atoms. The van der Waals surface area contributed by atoms with Crippen LogP contribution < -0.4 is 5.73 Å². The summed E-state index contributed by atoms with van der Waals surface area (Å²) in [5.41, 5.74) is 8.68. The Balaban J connectivity index is 2.34. The van der Waals surface area contributed by atoms with Crippen LogP contribution in [0.25, 0.3) is 0 Å². The van der Waals surface area contributed by atoms with Gasteiger partial charge in [0, 0.05) is 0 Å². The summed E-state index contributed by atoms with van der Waals surface area (Å²) in [5.74, 6) is 0.668. The monoisotopic (exact) mass is 153 g/mol. The third-order valence-electron chi connectivity index (χ3n) is 2.26. The highest BCUT2D eigenvalue weighted by molar-refractivity contribution is 7.08. The number of hydrogen-bond donors (Lipinski definition) is 1. The number of thiophene rings is 1. The molecule has 0 radical (unpaired) electrons. The van der Waals surface area contributed by atoms with Crippen molar-refractivity contribution < 1.29 is 0 Å². The maximum absolute atomic E-state index is 5.61. The van der Waals surface area contributed by atoms with Crippen LogP contribution in [0.5, 0.6) is 0 Å². The lowest BCUT2D eigenvalue weighted by Crippen LogP contribution is -2.08. The van der Waals surface area contributed by atoms with Gasteiger partial charge >= 0.3 is 0 Å². The van der Waals surface area contributed by atoms with Crippen molar-refractivity contribution in [3.05, 3.63) is 21.9 Å². The second-order valence-corrected chi connectivity index (χ2v) is 3.57. The van der Waals surface area contributed by atoms with E-state index < -0.39 is 0 Å². The highest BCUT2D eigenvalue weighted by Crippen LogP contribution is 2.34. The third kappa shape index (κ3) is 0.796. The molecule has 0 saturated carbocycles. The lowest BCUT2D eigenvalue weighted by molar-refractivity contribution is 0.689. The number of hydrogen-bond acceptors (Lipinski definition) is 2. The topological polar surface area (TPSA) is 26.0 Å². The Kier molecular flexibility index (Phi) is 1.51. The van der Waals surface area contributed by atoms with Crippen LogP contribution >= 0.6 is 11.3 Å². The number of fused-ring (bicyclic) bond motifs is 1. The minimum atomic E-state index is 0.668. The largest absolute Gasteiger partial charge is 0.330 e. The van der Waals surface area contributed by atoms with Gasteiger partial charge in [0.05, 0.1) is 0 Å². The van der Waals surface area contributed by atoms with Crippen LogP contribution in [0.4, 0.5) is 0 Å².